The predicted octanol–water partition coefficient (Wildman–Crippen LogP) is 1.76. The summed E-state index contributed by atoms with van der Waals surface area (Å²) in [6, 6.07) is 5.31. The molecule has 5 heteroatoms. The van der Waals surface area contributed by atoms with Crippen LogP contribution in [0.1, 0.15) is 30.9 Å². The lowest BCUT2D eigenvalue weighted by Gasteiger charge is -2.29. The summed E-state index contributed by atoms with van der Waals surface area (Å²) in [6.07, 6.45) is 2.57. The Kier molecular flexibility index (Phi) is 4.50. The van der Waals surface area contributed by atoms with E-state index in [0.717, 1.165) is 31.5 Å². The molecule has 1 fully saturated rings. The van der Waals surface area contributed by atoms with Crippen LogP contribution >= 0.6 is 0 Å². The highest BCUT2D eigenvalue weighted by atomic mass is 19.1. The van der Waals surface area contributed by atoms with Gasteiger partial charge in [0.25, 0.3) is 0 Å². The van der Waals surface area contributed by atoms with Gasteiger partial charge in [0.05, 0.1) is 0 Å². The van der Waals surface area contributed by atoms with Crippen LogP contribution < -0.4 is 5.73 Å². The van der Waals surface area contributed by atoms with Crippen LogP contribution in [0.25, 0.3) is 0 Å². The van der Waals surface area contributed by atoms with Gasteiger partial charge in [0.2, 0.25) is 0 Å². The average molecular weight is 266 g/mol. The molecule has 19 heavy (non-hydrogen) atoms. The summed E-state index contributed by atoms with van der Waals surface area (Å²) in [4.78, 5) is 13.2. The molecule has 3 N–H and O–H groups in total. The highest BCUT2D eigenvalue weighted by Crippen LogP contribution is 2.29. The van der Waals surface area contributed by atoms with E-state index in [9.17, 15) is 9.18 Å². The minimum absolute atomic E-state index is 0.0470. The Bertz CT molecular complexity index is 430. The monoisotopic (exact) mass is 266 g/mol. The SMILES string of the molecule is N[C@@H](C[C@H](c1ccc(F)cc1)N1CCCC1)C(=O)O. The van der Waals surface area contributed by atoms with E-state index in [0.29, 0.717) is 6.42 Å². The fourth-order valence-electron chi connectivity index (χ4n) is 2.58. The molecule has 1 heterocycles. The lowest BCUT2D eigenvalue weighted by molar-refractivity contribution is -0.139. The highest BCUT2D eigenvalue weighted by Gasteiger charge is 2.27. The third kappa shape index (κ3) is 3.52. The van der Waals surface area contributed by atoms with Gasteiger partial charge < -0.3 is 10.8 Å². The molecule has 1 aliphatic heterocycles. The second kappa shape index (κ2) is 6.12. The van der Waals surface area contributed by atoms with Crippen molar-refractivity contribution in [2.75, 3.05) is 13.1 Å². The molecule has 104 valence electrons. The fraction of sp³-hybridized carbons (Fsp3) is 0.500. The van der Waals surface area contributed by atoms with E-state index in [4.69, 9.17) is 10.8 Å². The second-order valence-corrected chi connectivity index (χ2v) is 4.99. The minimum Gasteiger partial charge on any atom is -0.480 e. The van der Waals surface area contributed by atoms with Crippen LogP contribution in [-0.2, 0) is 4.79 Å². The first-order valence-electron chi connectivity index (χ1n) is 6.56. The number of nitrogens with two attached hydrogens (primary N) is 1. The number of carbonyl (C=O) groups is 1. The quantitative estimate of drug-likeness (QED) is 0.852. The number of hydrogen-bond donors (Lipinski definition) is 2. The van der Waals surface area contributed by atoms with Gasteiger partial charge in [-0.3, -0.25) is 9.69 Å². The van der Waals surface area contributed by atoms with Crippen LogP contribution in [0, 0.1) is 5.82 Å². The first-order chi connectivity index (χ1) is 9.08. The van der Waals surface area contributed by atoms with Crippen molar-refractivity contribution in [3.8, 4) is 0 Å². The zero-order chi connectivity index (χ0) is 13.8. The van der Waals surface area contributed by atoms with Crippen LogP contribution in [0.4, 0.5) is 4.39 Å². The molecule has 0 unspecified atom stereocenters. The van der Waals surface area contributed by atoms with E-state index in [1.807, 2.05) is 0 Å². The number of nitrogens with zero attached hydrogens (tertiary/aromatic N) is 1. The molecule has 0 amide bonds. The Morgan fingerprint density at radius 3 is 2.42 bits per heavy atom. The normalized spacial score (nSPS) is 19.3. The van der Waals surface area contributed by atoms with Crippen molar-refractivity contribution in [1.29, 1.82) is 0 Å². The number of likely N-dealkylation sites (tertiary alicyclic amines) is 1. The van der Waals surface area contributed by atoms with Gasteiger partial charge in [-0.15, -0.1) is 0 Å². The maximum absolute atomic E-state index is 13.0. The van der Waals surface area contributed by atoms with Gasteiger partial charge >= 0.3 is 5.97 Å². The van der Waals surface area contributed by atoms with Crippen molar-refractivity contribution < 1.29 is 14.3 Å². The summed E-state index contributed by atoms with van der Waals surface area (Å²) >= 11 is 0. The van der Waals surface area contributed by atoms with E-state index in [1.54, 1.807) is 12.1 Å². The molecule has 2 atom stereocenters. The van der Waals surface area contributed by atoms with Crippen molar-refractivity contribution in [3.63, 3.8) is 0 Å². The molecule has 1 aliphatic rings. The van der Waals surface area contributed by atoms with Gasteiger partial charge in [0.15, 0.2) is 0 Å². The lowest BCUT2D eigenvalue weighted by atomic mass is 9.98. The Morgan fingerprint density at radius 1 is 1.32 bits per heavy atom. The number of rotatable bonds is 5. The van der Waals surface area contributed by atoms with Crippen molar-refractivity contribution in [1.82, 2.24) is 4.90 Å². The van der Waals surface area contributed by atoms with Gasteiger partial charge in [0.1, 0.15) is 11.9 Å². The number of carboxylic acid groups (broad SMARTS) is 1. The largest absolute Gasteiger partial charge is 0.480 e. The molecule has 4 nitrogen and oxygen atoms in total. The molecule has 1 saturated heterocycles. The topological polar surface area (TPSA) is 66.6 Å². The number of aliphatic carboxylic acids is 1. The van der Waals surface area contributed by atoms with Gasteiger partial charge in [0, 0.05) is 6.04 Å². The maximum Gasteiger partial charge on any atom is 0.320 e. The van der Waals surface area contributed by atoms with E-state index >= 15 is 0 Å². The zero-order valence-corrected chi connectivity index (χ0v) is 10.8. The summed E-state index contributed by atoms with van der Waals surface area (Å²) < 4.78 is 13.0. The van der Waals surface area contributed by atoms with Crippen LogP contribution in [0.15, 0.2) is 24.3 Å². The van der Waals surface area contributed by atoms with Gasteiger partial charge in [-0.2, -0.15) is 0 Å². The van der Waals surface area contributed by atoms with Crippen LogP contribution in [-0.4, -0.2) is 35.1 Å². The minimum atomic E-state index is -0.994. The van der Waals surface area contributed by atoms with Gasteiger partial charge in [-0.05, 0) is 50.0 Å². The van der Waals surface area contributed by atoms with E-state index in [1.165, 1.54) is 12.1 Å². The third-order valence-electron chi connectivity index (χ3n) is 3.63. The van der Waals surface area contributed by atoms with Crippen molar-refractivity contribution in [3.05, 3.63) is 35.6 Å². The van der Waals surface area contributed by atoms with Gasteiger partial charge in [-0.1, -0.05) is 12.1 Å². The molecule has 0 aliphatic carbocycles. The Morgan fingerprint density at radius 2 is 1.89 bits per heavy atom. The average Bonchev–Trinajstić information content (AvgIpc) is 2.90. The standard InChI is InChI=1S/C14H19FN2O2/c15-11-5-3-10(4-6-11)13(9-12(16)14(18)19)17-7-1-2-8-17/h3-6,12-13H,1-2,7-9,16H2,(H,18,19)/t12-,13+/m0/s1. The molecule has 0 bridgehead atoms. The molecule has 0 spiro atoms. The zero-order valence-electron chi connectivity index (χ0n) is 10.8. The maximum atomic E-state index is 13.0. The number of hydrogen-bond acceptors (Lipinski definition) is 3. The number of halogens is 1. The van der Waals surface area contributed by atoms with Crippen molar-refractivity contribution in [2.45, 2.75) is 31.3 Å². The smallest absolute Gasteiger partial charge is 0.320 e. The number of benzene rings is 1. The number of carboxylic acids is 1. The fourth-order valence-corrected chi connectivity index (χ4v) is 2.58. The van der Waals surface area contributed by atoms with Crippen molar-refractivity contribution in [2.24, 2.45) is 5.73 Å². The Labute approximate surface area is 112 Å². The second-order valence-electron chi connectivity index (χ2n) is 4.99. The van der Waals surface area contributed by atoms with E-state index in [-0.39, 0.29) is 11.9 Å². The van der Waals surface area contributed by atoms with E-state index in [2.05, 4.69) is 4.90 Å². The molecular weight excluding hydrogens is 247 g/mol. The van der Waals surface area contributed by atoms with Crippen LogP contribution in [0.5, 0.6) is 0 Å². The molecular formula is C14H19FN2O2. The van der Waals surface area contributed by atoms with E-state index < -0.39 is 12.0 Å². The lowest BCUT2D eigenvalue weighted by Crippen LogP contribution is -2.36. The molecule has 2 rings (SSSR count). The van der Waals surface area contributed by atoms with Gasteiger partial charge in [-0.25, -0.2) is 4.39 Å². The summed E-state index contributed by atoms with van der Waals surface area (Å²) in [5, 5.41) is 8.96. The molecule has 0 aromatic heterocycles. The summed E-state index contributed by atoms with van der Waals surface area (Å²) in [5.74, 6) is -1.28. The molecule has 0 radical (unpaired) electrons. The Hall–Kier alpha value is -1.46. The Balaban J connectivity index is 2.17. The highest BCUT2D eigenvalue weighted by molar-refractivity contribution is 5.73. The molecule has 1 aromatic carbocycles. The third-order valence-corrected chi connectivity index (χ3v) is 3.63. The first kappa shape index (κ1) is 14.0. The molecule has 0 saturated carbocycles. The molecule has 1 aromatic rings. The summed E-state index contributed by atoms with van der Waals surface area (Å²) in [5.41, 5.74) is 6.58. The predicted molar refractivity (Wildman–Crippen MR) is 70.2 cm³/mol. The summed E-state index contributed by atoms with van der Waals surface area (Å²) in [6.45, 7) is 1.88. The summed E-state index contributed by atoms with van der Waals surface area (Å²) in [7, 11) is 0. The first-order valence-corrected chi connectivity index (χ1v) is 6.56. The van der Waals surface area contributed by atoms with Crippen LogP contribution in [0.3, 0.4) is 0 Å². The van der Waals surface area contributed by atoms with Crippen LogP contribution in [0.2, 0.25) is 0 Å². The van der Waals surface area contributed by atoms with Crippen molar-refractivity contribution >= 4 is 5.97 Å².